The second kappa shape index (κ2) is 7.20. The van der Waals surface area contributed by atoms with E-state index in [-0.39, 0.29) is 11.8 Å². The molecule has 1 aromatic carbocycles. The summed E-state index contributed by atoms with van der Waals surface area (Å²) in [6.45, 7) is 1.90. The highest BCUT2D eigenvalue weighted by Crippen LogP contribution is 2.23. The Balaban J connectivity index is 1.64. The molecule has 0 bridgehead atoms. The SMILES string of the molecule is O=C(c1ccncc1)N1CCN(C(=O)c2ccc(Cl)cc2Cl)CC1. The summed E-state index contributed by atoms with van der Waals surface area (Å²) < 4.78 is 0. The highest BCUT2D eigenvalue weighted by Gasteiger charge is 2.26. The molecule has 0 unspecified atom stereocenters. The lowest BCUT2D eigenvalue weighted by atomic mass is 10.1. The van der Waals surface area contributed by atoms with E-state index < -0.39 is 0 Å². The Labute approximate surface area is 149 Å². The second-order valence-corrected chi connectivity index (χ2v) is 6.29. The Hall–Kier alpha value is -2.11. The number of nitrogens with zero attached hydrogens (tertiary/aromatic N) is 3. The van der Waals surface area contributed by atoms with Crippen molar-refractivity contribution in [3.8, 4) is 0 Å². The van der Waals surface area contributed by atoms with Crippen LogP contribution in [0, 0.1) is 0 Å². The molecule has 0 radical (unpaired) electrons. The van der Waals surface area contributed by atoms with Crippen LogP contribution in [0.3, 0.4) is 0 Å². The number of hydrogen-bond donors (Lipinski definition) is 0. The van der Waals surface area contributed by atoms with Crippen LogP contribution in [-0.2, 0) is 0 Å². The fourth-order valence-electron chi connectivity index (χ4n) is 2.62. The summed E-state index contributed by atoms with van der Waals surface area (Å²) >= 11 is 12.0. The highest BCUT2D eigenvalue weighted by atomic mass is 35.5. The molecule has 1 saturated heterocycles. The monoisotopic (exact) mass is 363 g/mol. The lowest BCUT2D eigenvalue weighted by Gasteiger charge is -2.35. The molecule has 124 valence electrons. The molecule has 1 aliphatic rings. The van der Waals surface area contributed by atoms with Crippen molar-refractivity contribution in [1.29, 1.82) is 0 Å². The van der Waals surface area contributed by atoms with Gasteiger partial charge < -0.3 is 9.80 Å². The Morgan fingerprint density at radius 3 is 2.04 bits per heavy atom. The van der Waals surface area contributed by atoms with Crippen LogP contribution in [-0.4, -0.2) is 52.8 Å². The summed E-state index contributed by atoms with van der Waals surface area (Å²) in [6, 6.07) is 8.20. The minimum Gasteiger partial charge on any atom is -0.335 e. The van der Waals surface area contributed by atoms with Crippen molar-refractivity contribution >= 4 is 35.0 Å². The number of carbonyl (C=O) groups is 2. The van der Waals surface area contributed by atoms with E-state index in [1.165, 1.54) is 0 Å². The molecule has 2 aromatic rings. The van der Waals surface area contributed by atoms with E-state index in [9.17, 15) is 9.59 Å². The Morgan fingerprint density at radius 1 is 0.875 bits per heavy atom. The third-order valence-electron chi connectivity index (χ3n) is 3.94. The molecule has 5 nitrogen and oxygen atoms in total. The average Bonchev–Trinajstić information content (AvgIpc) is 2.61. The van der Waals surface area contributed by atoms with Crippen LogP contribution in [0.4, 0.5) is 0 Å². The molecule has 0 atom stereocenters. The molecule has 2 heterocycles. The van der Waals surface area contributed by atoms with E-state index >= 15 is 0 Å². The lowest BCUT2D eigenvalue weighted by Crippen LogP contribution is -2.50. The predicted molar refractivity (Wildman–Crippen MR) is 92.5 cm³/mol. The van der Waals surface area contributed by atoms with Crippen LogP contribution in [0.1, 0.15) is 20.7 Å². The van der Waals surface area contributed by atoms with Crippen molar-refractivity contribution in [1.82, 2.24) is 14.8 Å². The van der Waals surface area contributed by atoms with Gasteiger partial charge in [0.1, 0.15) is 0 Å². The van der Waals surface area contributed by atoms with Gasteiger partial charge in [-0.15, -0.1) is 0 Å². The largest absolute Gasteiger partial charge is 0.335 e. The molecule has 0 N–H and O–H groups in total. The first-order valence-corrected chi connectivity index (χ1v) is 8.25. The summed E-state index contributed by atoms with van der Waals surface area (Å²) in [5, 5.41) is 0.826. The van der Waals surface area contributed by atoms with Gasteiger partial charge in [-0.2, -0.15) is 0 Å². The summed E-state index contributed by atoms with van der Waals surface area (Å²) in [5.74, 6) is -0.193. The van der Waals surface area contributed by atoms with E-state index in [0.717, 1.165) is 0 Å². The van der Waals surface area contributed by atoms with E-state index in [1.807, 2.05) is 0 Å². The van der Waals surface area contributed by atoms with Crippen LogP contribution in [0.25, 0.3) is 0 Å². The van der Waals surface area contributed by atoms with Gasteiger partial charge in [0.15, 0.2) is 0 Å². The molecule has 1 aliphatic heterocycles. The fraction of sp³-hybridized carbons (Fsp3) is 0.235. The van der Waals surface area contributed by atoms with E-state index in [2.05, 4.69) is 4.98 Å². The van der Waals surface area contributed by atoms with E-state index in [4.69, 9.17) is 23.2 Å². The lowest BCUT2D eigenvalue weighted by molar-refractivity contribution is 0.0535. The standard InChI is InChI=1S/C17H15Cl2N3O2/c18-13-1-2-14(15(19)11-13)17(24)22-9-7-21(8-10-22)16(23)12-3-5-20-6-4-12/h1-6,11H,7-10H2. The number of hydrogen-bond acceptors (Lipinski definition) is 3. The van der Waals surface area contributed by atoms with Crippen LogP contribution in [0.15, 0.2) is 42.7 Å². The maximum atomic E-state index is 12.6. The van der Waals surface area contributed by atoms with Gasteiger partial charge in [0.2, 0.25) is 0 Å². The first-order valence-electron chi connectivity index (χ1n) is 7.50. The van der Waals surface area contributed by atoms with Crippen molar-refractivity contribution in [3.05, 3.63) is 63.9 Å². The van der Waals surface area contributed by atoms with Gasteiger partial charge in [-0.25, -0.2) is 0 Å². The Kier molecular flexibility index (Phi) is 5.02. The van der Waals surface area contributed by atoms with Crippen molar-refractivity contribution in [2.45, 2.75) is 0 Å². The topological polar surface area (TPSA) is 53.5 Å². The molecular weight excluding hydrogens is 349 g/mol. The maximum absolute atomic E-state index is 12.6. The molecular formula is C17H15Cl2N3O2. The molecule has 3 rings (SSSR count). The minimum atomic E-state index is -0.146. The first kappa shape index (κ1) is 16.7. The van der Waals surface area contributed by atoms with Gasteiger partial charge >= 0.3 is 0 Å². The van der Waals surface area contributed by atoms with Crippen molar-refractivity contribution in [2.75, 3.05) is 26.2 Å². The molecule has 0 spiro atoms. The molecule has 24 heavy (non-hydrogen) atoms. The summed E-state index contributed by atoms with van der Waals surface area (Å²) in [4.78, 5) is 32.3. The van der Waals surface area contributed by atoms with Gasteiger partial charge in [-0.1, -0.05) is 23.2 Å². The van der Waals surface area contributed by atoms with Crippen molar-refractivity contribution < 1.29 is 9.59 Å². The fourth-order valence-corrected chi connectivity index (χ4v) is 3.11. The van der Waals surface area contributed by atoms with Gasteiger partial charge in [0.05, 0.1) is 10.6 Å². The number of halogens is 2. The quantitative estimate of drug-likeness (QED) is 0.823. The second-order valence-electron chi connectivity index (χ2n) is 5.44. The highest BCUT2D eigenvalue weighted by molar-refractivity contribution is 6.36. The Bertz CT molecular complexity index is 760. The van der Waals surface area contributed by atoms with Crippen molar-refractivity contribution in [3.63, 3.8) is 0 Å². The smallest absolute Gasteiger partial charge is 0.255 e. The van der Waals surface area contributed by atoms with E-state index in [1.54, 1.807) is 52.5 Å². The normalized spacial score (nSPS) is 14.6. The zero-order valence-corrected chi connectivity index (χ0v) is 14.3. The summed E-state index contributed by atoms with van der Waals surface area (Å²) in [7, 11) is 0. The molecule has 0 aliphatic carbocycles. The number of benzene rings is 1. The number of carbonyl (C=O) groups excluding carboxylic acids is 2. The van der Waals surface area contributed by atoms with Crippen LogP contribution in [0.5, 0.6) is 0 Å². The van der Waals surface area contributed by atoms with Crippen LogP contribution >= 0.6 is 23.2 Å². The first-order chi connectivity index (χ1) is 11.6. The molecule has 1 fully saturated rings. The van der Waals surface area contributed by atoms with Gasteiger partial charge in [0, 0.05) is 49.2 Å². The predicted octanol–water partition coefficient (Wildman–Crippen LogP) is 2.99. The minimum absolute atomic E-state index is 0.0472. The van der Waals surface area contributed by atoms with Crippen molar-refractivity contribution in [2.24, 2.45) is 0 Å². The molecule has 7 heteroatoms. The number of pyridine rings is 1. The van der Waals surface area contributed by atoms with Gasteiger partial charge in [-0.05, 0) is 30.3 Å². The molecule has 1 aromatic heterocycles. The third kappa shape index (κ3) is 3.52. The third-order valence-corrected chi connectivity index (χ3v) is 4.49. The molecule has 2 amide bonds. The Morgan fingerprint density at radius 2 is 1.46 bits per heavy atom. The number of amides is 2. The number of aromatic nitrogens is 1. The van der Waals surface area contributed by atoms with Gasteiger partial charge in [0.25, 0.3) is 11.8 Å². The maximum Gasteiger partial charge on any atom is 0.255 e. The summed E-state index contributed by atoms with van der Waals surface area (Å²) in [5.41, 5.74) is 1.03. The number of piperazine rings is 1. The van der Waals surface area contributed by atoms with Crippen LogP contribution < -0.4 is 0 Å². The zero-order chi connectivity index (χ0) is 17.1. The zero-order valence-electron chi connectivity index (χ0n) is 12.8. The number of rotatable bonds is 2. The van der Waals surface area contributed by atoms with Crippen LogP contribution in [0.2, 0.25) is 10.0 Å². The van der Waals surface area contributed by atoms with E-state index in [0.29, 0.717) is 47.4 Å². The van der Waals surface area contributed by atoms with Gasteiger partial charge in [-0.3, -0.25) is 14.6 Å². The molecule has 0 saturated carbocycles. The average molecular weight is 364 g/mol. The summed E-state index contributed by atoms with van der Waals surface area (Å²) in [6.07, 6.45) is 3.19.